The zero-order valence-corrected chi connectivity index (χ0v) is 25.2. The first kappa shape index (κ1) is 25.9. The lowest BCUT2D eigenvalue weighted by atomic mass is 9.90. The van der Waals surface area contributed by atoms with E-state index in [1.807, 2.05) is 60.7 Å². The standard InChI is InChI=1S/C43H25N3O/c1-3-12-26(13-4-1)41-44-42(27-14-5-2-6-15-27)46-43(45-41)30-18-11-17-28(22-30)31-24-35-33-20-9-10-21-34(33)36-23-29-16-7-8-19-32(29)40-39(36)38(35)37(25-31)47-40/h1-25H. The van der Waals surface area contributed by atoms with Crippen LogP contribution in [0, 0.1) is 0 Å². The Bertz CT molecular complexity index is 2730. The average molecular weight is 600 g/mol. The Morgan fingerprint density at radius 2 is 0.872 bits per heavy atom. The number of benzene rings is 8. The second-order valence-corrected chi connectivity index (χ2v) is 12.0. The zero-order chi connectivity index (χ0) is 30.9. The highest BCUT2D eigenvalue weighted by Gasteiger charge is 2.21. The monoisotopic (exact) mass is 599 g/mol. The van der Waals surface area contributed by atoms with E-state index in [1.165, 1.54) is 37.7 Å². The van der Waals surface area contributed by atoms with E-state index in [0.29, 0.717) is 17.5 Å². The highest BCUT2D eigenvalue weighted by Crippen LogP contribution is 2.46. The molecule has 0 unspecified atom stereocenters. The molecular formula is C43H25N3O. The number of aromatic nitrogens is 3. The third kappa shape index (κ3) is 4.05. The summed E-state index contributed by atoms with van der Waals surface area (Å²) in [5, 5.41) is 9.56. The summed E-state index contributed by atoms with van der Waals surface area (Å²) in [7, 11) is 0. The van der Waals surface area contributed by atoms with Crippen LogP contribution in [0.3, 0.4) is 0 Å². The van der Waals surface area contributed by atoms with Crippen molar-refractivity contribution < 1.29 is 4.42 Å². The van der Waals surface area contributed by atoms with E-state index in [4.69, 9.17) is 19.4 Å². The van der Waals surface area contributed by atoms with E-state index in [9.17, 15) is 0 Å². The quantitative estimate of drug-likeness (QED) is 0.149. The van der Waals surface area contributed by atoms with Crippen molar-refractivity contribution in [2.75, 3.05) is 0 Å². The number of hydrogen-bond donors (Lipinski definition) is 0. The summed E-state index contributed by atoms with van der Waals surface area (Å²) in [5.41, 5.74) is 6.80. The molecule has 0 radical (unpaired) electrons. The van der Waals surface area contributed by atoms with E-state index in [0.717, 1.165) is 44.4 Å². The van der Waals surface area contributed by atoms with Gasteiger partial charge in [0.1, 0.15) is 11.2 Å². The molecule has 0 atom stereocenters. The average Bonchev–Trinajstić information content (AvgIpc) is 3.55. The van der Waals surface area contributed by atoms with Gasteiger partial charge in [0.2, 0.25) is 0 Å². The van der Waals surface area contributed by atoms with Gasteiger partial charge in [-0.15, -0.1) is 0 Å². The zero-order valence-electron chi connectivity index (χ0n) is 25.2. The minimum Gasteiger partial charge on any atom is -0.455 e. The van der Waals surface area contributed by atoms with Crippen molar-refractivity contribution in [1.82, 2.24) is 15.0 Å². The molecule has 0 saturated heterocycles. The van der Waals surface area contributed by atoms with Gasteiger partial charge in [-0.05, 0) is 62.3 Å². The van der Waals surface area contributed by atoms with E-state index >= 15 is 0 Å². The second kappa shape index (κ2) is 10.1. The molecule has 10 aromatic rings. The van der Waals surface area contributed by atoms with E-state index in [2.05, 4.69) is 91.0 Å². The number of fused-ring (bicyclic) bond motifs is 5. The molecule has 218 valence electrons. The SMILES string of the molecule is c1ccc(-c2nc(-c3ccccc3)nc(-c3cccc(-c4cc5oc6c7ccccc7cc7c8ccccc8c(c4)c5c76)c3)n2)cc1. The predicted octanol–water partition coefficient (Wildman–Crippen LogP) is 11.3. The molecule has 0 spiro atoms. The van der Waals surface area contributed by atoms with E-state index < -0.39 is 0 Å². The maximum atomic E-state index is 6.77. The van der Waals surface area contributed by atoms with Gasteiger partial charge >= 0.3 is 0 Å². The number of rotatable bonds is 4. The molecule has 0 N–H and O–H groups in total. The van der Waals surface area contributed by atoms with Gasteiger partial charge in [-0.3, -0.25) is 0 Å². The molecule has 0 bridgehead atoms. The molecule has 2 aromatic heterocycles. The first-order chi connectivity index (χ1) is 23.3. The minimum absolute atomic E-state index is 0.632. The van der Waals surface area contributed by atoms with Crippen molar-refractivity contribution >= 4 is 54.3 Å². The second-order valence-electron chi connectivity index (χ2n) is 12.0. The molecule has 0 fully saturated rings. The first-order valence-corrected chi connectivity index (χ1v) is 15.8. The highest BCUT2D eigenvalue weighted by molar-refractivity contribution is 6.36. The molecule has 47 heavy (non-hydrogen) atoms. The molecular weight excluding hydrogens is 574 g/mol. The van der Waals surface area contributed by atoms with E-state index in [-0.39, 0.29) is 0 Å². The van der Waals surface area contributed by atoms with Crippen LogP contribution in [0.15, 0.2) is 156 Å². The van der Waals surface area contributed by atoms with Gasteiger partial charge < -0.3 is 4.42 Å². The third-order valence-corrected chi connectivity index (χ3v) is 9.23. The van der Waals surface area contributed by atoms with Gasteiger partial charge in [-0.1, -0.05) is 127 Å². The lowest BCUT2D eigenvalue weighted by molar-refractivity contribution is 0.673. The van der Waals surface area contributed by atoms with Gasteiger partial charge in [0.05, 0.1) is 0 Å². The summed E-state index contributed by atoms with van der Waals surface area (Å²) in [6.07, 6.45) is 0. The van der Waals surface area contributed by atoms with Gasteiger partial charge in [0.25, 0.3) is 0 Å². The Hall–Kier alpha value is -6.39. The lowest BCUT2D eigenvalue weighted by Crippen LogP contribution is -2.00. The van der Waals surface area contributed by atoms with Crippen molar-refractivity contribution in [3.05, 3.63) is 152 Å². The molecule has 0 amide bonds. The van der Waals surface area contributed by atoms with Crippen molar-refractivity contribution in [3.8, 4) is 45.3 Å². The first-order valence-electron chi connectivity index (χ1n) is 15.8. The maximum Gasteiger partial charge on any atom is 0.164 e. The fraction of sp³-hybridized carbons (Fsp3) is 0. The smallest absolute Gasteiger partial charge is 0.164 e. The molecule has 0 saturated carbocycles. The molecule has 8 aromatic carbocycles. The number of furan rings is 1. The lowest BCUT2D eigenvalue weighted by Gasteiger charge is -2.12. The van der Waals surface area contributed by atoms with Crippen LogP contribution in [0.25, 0.3) is 99.5 Å². The fourth-order valence-electron chi connectivity index (χ4n) is 7.05. The largest absolute Gasteiger partial charge is 0.455 e. The molecule has 2 heterocycles. The van der Waals surface area contributed by atoms with Crippen molar-refractivity contribution in [1.29, 1.82) is 0 Å². The molecule has 10 rings (SSSR count). The van der Waals surface area contributed by atoms with Crippen LogP contribution in [0.2, 0.25) is 0 Å². The van der Waals surface area contributed by atoms with Crippen molar-refractivity contribution in [2.45, 2.75) is 0 Å². The van der Waals surface area contributed by atoms with Crippen LogP contribution in [0.4, 0.5) is 0 Å². The molecule has 0 aliphatic carbocycles. The Labute approximate surface area is 270 Å². The summed E-state index contributed by atoms with van der Waals surface area (Å²) in [6, 6.07) is 52.6. The molecule has 4 nitrogen and oxygen atoms in total. The Balaban J connectivity index is 1.20. The highest BCUT2D eigenvalue weighted by atomic mass is 16.3. The van der Waals surface area contributed by atoms with Crippen LogP contribution >= 0.6 is 0 Å². The fourth-order valence-corrected chi connectivity index (χ4v) is 7.05. The van der Waals surface area contributed by atoms with Gasteiger partial charge in [-0.25, -0.2) is 15.0 Å². The Morgan fingerprint density at radius 1 is 0.340 bits per heavy atom. The van der Waals surface area contributed by atoms with Crippen LogP contribution in [-0.2, 0) is 0 Å². The molecule has 4 heteroatoms. The number of nitrogens with zero attached hydrogens (tertiary/aromatic N) is 3. The van der Waals surface area contributed by atoms with E-state index in [1.54, 1.807) is 0 Å². The third-order valence-electron chi connectivity index (χ3n) is 9.23. The summed E-state index contributed by atoms with van der Waals surface area (Å²) >= 11 is 0. The van der Waals surface area contributed by atoms with Gasteiger partial charge in [0.15, 0.2) is 17.5 Å². The summed E-state index contributed by atoms with van der Waals surface area (Å²) in [6.45, 7) is 0. The van der Waals surface area contributed by atoms with Crippen LogP contribution in [0.1, 0.15) is 0 Å². The number of hydrogen-bond acceptors (Lipinski definition) is 4. The van der Waals surface area contributed by atoms with Crippen molar-refractivity contribution in [2.24, 2.45) is 0 Å². The summed E-state index contributed by atoms with van der Waals surface area (Å²) < 4.78 is 6.77. The summed E-state index contributed by atoms with van der Waals surface area (Å²) in [5.74, 6) is 1.92. The normalized spacial score (nSPS) is 11.8. The molecule has 0 aliphatic heterocycles. The summed E-state index contributed by atoms with van der Waals surface area (Å²) in [4.78, 5) is 14.8. The Kier molecular flexibility index (Phi) is 5.54. The Morgan fingerprint density at radius 3 is 1.55 bits per heavy atom. The van der Waals surface area contributed by atoms with Crippen molar-refractivity contribution in [3.63, 3.8) is 0 Å². The maximum absolute atomic E-state index is 6.77. The topological polar surface area (TPSA) is 51.8 Å². The van der Waals surface area contributed by atoms with Crippen LogP contribution in [0.5, 0.6) is 0 Å². The predicted molar refractivity (Wildman–Crippen MR) is 193 cm³/mol. The van der Waals surface area contributed by atoms with Crippen LogP contribution in [-0.4, -0.2) is 15.0 Å². The van der Waals surface area contributed by atoms with Crippen LogP contribution < -0.4 is 0 Å². The molecule has 0 aliphatic rings. The minimum atomic E-state index is 0.632. The van der Waals surface area contributed by atoms with Gasteiger partial charge in [-0.2, -0.15) is 0 Å². The van der Waals surface area contributed by atoms with Gasteiger partial charge in [0, 0.05) is 32.8 Å².